The summed E-state index contributed by atoms with van der Waals surface area (Å²) in [6, 6.07) is 3.65. The molecule has 0 radical (unpaired) electrons. The van der Waals surface area contributed by atoms with Gasteiger partial charge < -0.3 is 25.7 Å². The first kappa shape index (κ1) is 26.4. The molecule has 3 atom stereocenters. The summed E-state index contributed by atoms with van der Waals surface area (Å²) in [5.41, 5.74) is 0.715. The molecule has 2 aromatic rings. The number of aromatic amines is 1. The predicted molar refractivity (Wildman–Crippen MR) is 136 cm³/mol. The molecule has 0 bridgehead atoms. The summed E-state index contributed by atoms with van der Waals surface area (Å²) in [6.45, 7) is 6.62. The summed E-state index contributed by atoms with van der Waals surface area (Å²) in [5, 5.41) is 9.63. The molecule has 1 aromatic heterocycles. The number of aromatic nitrogens is 1. The largest absolute Gasteiger partial charge is 0.494 e. The number of piperidine rings is 1. The van der Waals surface area contributed by atoms with E-state index in [2.05, 4.69) is 26.9 Å². The molecule has 0 saturated carbocycles. The zero-order chi connectivity index (χ0) is 25.8. The fraction of sp³-hybridized carbons (Fsp3) is 0.500. The van der Waals surface area contributed by atoms with Crippen molar-refractivity contribution in [2.75, 3.05) is 13.7 Å². The van der Waals surface area contributed by atoms with Crippen molar-refractivity contribution < 1.29 is 19.1 Å². The van der Waals surface area contributed by atoms with E-state index >= 15 is 0 Å². The SMILES string of the molecule is C#C[C@H](C[C@@H]1CCCNC1=O)NC(=O)[C@H](CC(C)(C)C)NC(=O)c1cc2c(OC)c(Cl)ccc2[nH]1. The number of H-pyrrole nitrogens is 1. The second-order valence-corrected chi connectivity index (χ2v) is 10.5. The van der Waals surface area contributed by atoms with Crippen LogP contribution in [-0.4, -0.2) is 48.4 Å². The summed E-state index contributed by atoms with van der Waals surface area (Å²) >= 11 is 6.20. The van der Waals surface area contributed by atoms with E-state index in [1.165, 1.54) is 7.11 Å². The third kappa shape index (κ3) is 6.70. The lowest BCUT2D eigenvalue weighted by molar-refractivity contribution is -0.128. The first-order valence-electron chi connectivity index (χ1n) is 11.7. The van der Waals surface area contributed by atoms with Gasteiger partial charge in [-0.05, 0) is 49.3 Å². The molecule has 3 amide bonds. The van der Waals surface area contributed by atoms with Crippen molar-refractivity contribution in [2.45, 2.75) is 58.5 Å². The van der Waals surface area contributed by atoms with Crippen LogP contribution in [0.25, 0.3) is 10.9 Å². The standard InChI is InChI=1S/C26H33ClN4O4/c1-6-16(12-15-8-7-11-28-23(15)32)29-25(34)21(14-26(2,3)4)31-24(33)20-13-17-19(30-20)10-9-18(27)22(17)35-5/h1,9-10,13,15-16,21,30H,7-8,11-12,14H2,2-5H3,(H,28,32)(H,29,34)(H,31,33)/t15-,16+,21-/m0/s1. The number of fused-ring (bicyclic) bond motifs is 1. The van der Waals surface area contributed by atoms with Gasteiger partial charge in [0.05, 0.1) is 18.2 Å². The molecule has 1 aliphatic rings. The predicted octanol–water partition coefficient (Wildman–Crippen LogP) is 3.40. The van der Waals surface area contributed by atoms with Gasteiger partial charge in [-0.25, -0.2) is 0 Å². The van der Waals surface area contributed by atoms with E-state index < -0.39 is 18.0 Å². The van der Waals surface area contributed by atoms with Crippen molar-refractivity contribution in [1.29, 1.82) is 0 Å². The van der Waals surface area contributed by atoms with Gasteiger partial charge >= 0.3 is 0 Å². The van der Waals surface area contributed by atoms with Gasteiger partial charge in [0.2, 0.25) is 11.8 Å². The highest BCUT2D eigenvalue weighted by Gasteiger charge is 2.31. The van der Waals surface area contributed by atoms with Crippen LogP contribution in [-0.2, 0) is 9.59 Å². The molecular weight excluding hydrogens is 468 g/mol. The minimum Gasteiger partial charge on any atom is -0.494 e. The number of amides is 3. The fourth-order valence-corrected chi connectivity index (χ4v) is 4.57. The third-order valence-corrected chi connectivity index (χ3v) is 6.33. The Morgan fingerprint density at radius 3 is 2.69 bits per heavy atom. The van der Waals surface area contributed by atoms with Gasteiger partial charge in [0.25, 0.3) is 5.91 Å². The summed E-state index contributed by atoms with van der Waals surface area (Å²) in [6.07, 6.45) is 8.03. The lowest BCUT2D eigenvalue weighted by Gasteiger charge is -2.28. The molecule has 1 aromatic carbocycles. The average Bonchev–Trinajstić information content (AvgIpc) is 3.23. The lowest BCUT2D eigenvalue weighted by Crippen LogP contribution is -2.51. The molecule has 3 rings (SSSR count). The van der Waals surface area contributed by atoms with Crippen LogP contribution in [0.15, 0.2) is 18.2 Å². The van der Waals surface area contributed by atoms with Crippen LogP contribution in [0.4, 0.5) is 0 Å². The smallest absolute Gasteiger partial charge is 0.268 e. The number of rotatable bonds is 8. The minimum atomic E-state index is -0.824. The molecular formula is C26H33ClN4O4. The van der Waals surface area contributed by atoms with E-state index in [1.807, 2.05) is 20.8 Å². The van der Waals surface area contributed by atoms with Crippen LogP contribution in [0, 0.1) is 23.7 Å². The zero-order valence-electron chi connectivity index (χ0n) is 20.6. The minimum absolute atomic E-state index is 0.0420. The van der Waals surface area contributed by atoms with Crippen LogP contribution in [0.5, 0.6) is 5.75 Å². The highest BCUT2D eigenvalue weighted by Crippen LogP contribution is 2.33. The Labute approximate surface area is 210 Å². The van der Waals surface area contributed by atoms with Crippen LogP contribution >= 0.6 is 11.6 Å². The van der Waals surface area contributed by atoms with E-state index in [1.54, 1.807) is 18.2 Å². The van der Waals surface area contributed by atoms with Gasteiger partial charge in [0.1, 0.15) is 17.5 Å². The monoisotopic (exact) mass is 500 g/mol. The van der Waals surface area contributed by atoms with Gasteiger partial charge in [0.15, 0.2) is 0 Å². The number of methoxy groups -OCH3 is 1. The maximum absolute atomic E-state index is 13.2. The van der Waals surface area contributed by atoms with E-state index in [0.717, 1.165) is 12.8 Å². The molecule has 188 valence electrons. The van der Waals surface area contributed by atoms with Crippen molar-refractivity contribution in [1.82, 2.24) is 20.9 Å². The first-order chi connectivity index (χ1) is 16.5. The first-order valence-corrected chi connectivity index (χ1v) is 12.1. The molecule has 35 heavy (non-hydrogen) atoms. The van der Waals surface area contributed by atoms with E-state index in [9.17, 15) is 14.4 Å². The molecule has 4 N–H and O–H groups in total. The number of carbonyl (C=O) groups excluding carboxylic acids is 3. The van der Waals surface area contributed by atoms with Crippen molar-refractivity contribution >= 4 is 40.2 Å². The van der Waals surface area contributed by atoms with Crippen molar-refractivity contribution in [3.8, 4) is 18.1 Å². The van der Waals surface area contributed by atoms with Crippen LogP contribution in [0.1, 0.15) is 56.9 Å². The second kappa shape index (κ2) is 11.0. The maximum atomic E-state index is 13.2. The molecule has 0 aliphatic carbocycles. The van der Waals surface area contributed by atoms with Crippen LogP contribution < -0.4 is 20.7 Å². The average molecular weight is 501 g/mol. The topological polar surface area (TPSA) is 112 Å². The van der Waals surface area contributed by atoms with E-state index in [0.29, 0.717) is 41.1 Å². The lowest BCUT2D eigenvalue weighted by atomic mass is 9.87. The maximum Gasteiger partial charge on any atom is 0.268 e. The van der Waals surface area contributed by atoms with Crippen LogP contribution in [0.3, 0.4) is 0 Å². The molecule has 0 spiro atoms. The van der Waals surface area contributed by atoms with Gasteiger partial charge in [-0.1, -0.05) is 38.3 Å². The number of benzene rings is 1. The number of ether oxygens (including phenoxy) is 1. The molecule has 1 fully saturated rings. The van der Waals surface area contributed by atoms with Gasteiger partial charge in [-0.15, -0.1) is 6.42 Å². The molecule has 2 heterocycles. The molecule has 9 heteroatoms. The van der Waals surface area contributed by atoms with Crippen molar-refractivity contribution in [3.63, 3.8) is 0 Å². The Kier molecular flexibility index (Phi) is 8.34. The molecule has 8 nitrogen and oxygen atoms in total. The Morgan fingerprint density at radius 1 is 1.31 bits per heavy atom. The van der Waals surface area contributed by atoms with E-state index in [-0.39, 0.29) is 28.8 Å². The van der Waals surface area contributed by atoms with E-state index in [4.69, 9.17) is 22.8 Å². The number of hydrogen-bond donors (Lipinski definition) is 4. The van der Waals surface area contributed by atoms with Gasteiger partial charge in [-0.3, -0.25) is 14.4 Å². The Bertz CT molecular complexity index is 1140. The van der Waals surface area contributed by atoms with Gasteiger partial charge in [-0.2, -0.15) is 0 Å². The number of halogens is 1. The molecule has 1 saturated heterocycles. The van der Waals surface area contributed by atoms with Crippen LogP contribution in [0.2, 0.25) is 5.02 Å². The highest BCUT2D eigenvalue weighted by molar-refractivity contribution is 6.33. The summed E-state index contributed by atoms with van der Waals surface area (Å²) in [4.78, 5) is 41.5. The fourth-order valence-electron chi connectivity index (χ4n) is 4.32. The molecule has 0 unspecified atom stereocenters. The zero-order valence-corrected chi connectivity index (χ0v) is 21.3. The number of terminal acetylenes is 1. The van der Waals surface area contributed by atoms with Gasteiger partial charge in [0, 0.05) is 23.4 Å². The Balaban J connectivity index is 1.76. The summed E-state index contributed by atoms with van der Waals surface area (Å²) in [7, 11) is 1.51. The Morgan fingerprint density at radius 2 is 2.06 bits per heavy atom. The third-order valence-electron chi connectivity index (χ3n) is 6.03. The summed E-state index contributed by atoms with van der Waals surface area (Å²) in [5.74, 6) is 1.94. The molecule has 1 aliphatic heterocycles. The Hall–Kier alpha value is -3.18. The van der Waals surface area contributed by atoms with Crippen molar-refractivity contribution in [2.24, 2.45) is 11.3 Å². The number of hydrogen-bond acceptors (Lipinski definition) is 4. The van der Waals surface area contributed by atoms with Crippen molar-refractivity contribution in [3.05, 3.63) is 28.9 Å². The normalized spacial score (nSPS) is 17.7. The highest BCUT2D eigenvalue weighted by atomic mass is 35.5. The quantitative estimate of drug-likeness (QED) is 0.416. The second-order valence-electron chi connectivity index (χ2n) is 10.1. The number of nitrogens with one attached hydrogen (secondary N) is 4. The number of carbonyl (C=O) groups is 3. The summed E-state index contributed by atoms with van der Waals surface area (Å²) < 4.78 is 5.37.